The van der Waals surface area contributed by atoms with Gasteiger partial charge in [0.25, 0.3) is 0 Å². The molecule has 0 aromatic carbocycles. The molecule has 3 aromatic rings. The average Bonchev–Trinajstić information content (AvgIpc) is 3.20. The quantitative estimate of drug-likeness (QED) is 0.452. The van der Waals surface area contributed by atoms with Crippen LogP contribution in [-0.4, -0.2) is 63.4 Å². The molecule has 0 bridgehead atoms. The fraction of sp³-hybridized carbons (Fsp3) is 0.524. The summed E-state index contributed by atoms with van der Waals surface area (Å²) in [5, 5.41) is 13.3. The van der Waals surface area contributed by atoms with E-state index < -0.39 is 0 Å². The molecule has 0 radical (unpaired) electrons. The number of ether oxygens (including phenoxy) is 3. The third-order valence-electron chi connectivity index (χ3n) is 5.61. The summed E-state index contributed by atoms with van der Waals surface area (Å²) in [5.74, 6) is 1.30. The van der Waals surface area contributed by atoms with Crippen molar-refractivity contribution in [2.75, 3.05) is 26.1 Å². The number of anilines is 2. The van der Waals surface area contributed by atoms with Crippen LogP contribution in [0.5, 0.6) is 0 Å². The van der Waals surface area contributed by atoms with E-state index in [9.17, 15) is 4.79 Å². The Morgan fingerprint density at radius 1 is 1.41 bits per heavy atom. The zero-order chi connectivity index (χ0) is 22.6. The van der Waals surface area contributed by atoms with E-state index in [1.807, 2.05) is 29.7 Å². The van der Waals surface area contributed by atoms with E-state index in [2.05, 4.69) is 30.8 Å². The first kappa shape index (κ1) is 22.2. The van der Waals surface area contributed by atoms with Crippen LogP contribution in [0.1, 0.15) is 43.7 Å². The monoisotopic (exact) mass is 443 g/mol. The molecule has 2 unspecified atom stereocenters. The normalized spacial score (nSPS) is 21.1. The Balaban J connectivity index is 0.000000300. The first-order valence-corrected chi connectivity index (χ1v) is 10.5. The van der Waals surface area contributed by atoms with Crippen molar-refractivity contribution in [1.82, 2.24) is 29.9 Å². The first-order chi connectivity index (χ1) is 15.5. The van der Waals surface area contributed by atoms with Gasteiger partial charge in [-0.1, -0.05) is 0 Å². The van der Waals surface area contributed by atoms with Gasteiger partial charge in [-0.15, -0.1) is 0 Å². The van der Waals surface area contributed by atoms with Crippen molar-refractivity contribution < 1.29 is 19.0 Å². The number of rotatable bonds is 8. The molecule has 5 rings (SSSR count). The van der Waals surface area contributed by atoms with Crippen LogP contribution < -0.4 is 10.6 Å². The van der Waals surface area contributed by atoms with Gasteiger partial charge in [0, 0.05) is 44.6 Å². The Hall–Kier alpha value is -3.02. The molecule has 1 aliphatic heterocycles. The number of nitrogens with one attached hydrogen (secondary N) is 3. The number of amides is 1. The Bertz CT molecular complexity index is 1050. The molecule has 1 amide bonds. The molecule has 2 aliphatic rings. The van der Waals surface area contributed by atoms with Gasteiger partial charge in [0.2, 0.25) is 12.4 Å². The first-order valence-electron chi connectivity index (χ1n) is 10.5. The van der Waals surface area contributed by atoms with Crippen LogP contribution in [0.3, 0.4) is 0 Å². The Labute approximate surface area is 185 Å². The van der Waals surface area contributed by atoms with Gasteiger partial charge >= 0.3 is 0 Å². The summed E-state index contributed by atoms with van der Waals surface area (Å²) in [5.41, 5.74) is 2.73. The van der Waals surface area contributed by atoms with Crippen LogP contribution in [0, 0.1) is 0 Å². The van der Waals surface area contributed by atoms with Crippen molar-refractivity contribution in [3.63, 3.8) is 0 Å². The molecule has 2 fully saturated rings. The maximum absolute atomic E-state index is 9.75. The summed E-state index contributed by atoms with van der Waals surface area (Å²) < 4.78 is 18.1. The summed E-state index contributed by atoms with van der Waals surface area (Å²) in [6.07, 6.45) is 7.57. The molecule has 0 spiro atoms. The number of nitrogens with zero attached hydrogens (tertiary/aromatic N) is 4. The number of fused-ring (bicyclic) bond motifs is 1. The third-order valence-corrected chi connectivity index (χ3v) is 5.61. The van der Waals surface area contributed by atoms with Gasteiger partial charge in [-0.05, 0) is 25.8 Å². The molecule has 11 nitrogen and oxygen atoms in total. The highest BCUT2D eigenvalue weighted by molar-refractivity contribution is 5.54. The second-order valence-corrected chi connectivity index (χ2v) is 8.23. The highest BCUT2D eigenvalue weighted by Gasteiger charge is 2.36. The van der Waals surface area contributed by atoms with Gasteiger partial charge < -0.3 is 24.8 Å². The molecule has 11 heteroatoms. The molecule has 3 aromatic heterocycles. The van der Waals surface area contributed by atoms with E-state index in [1.54, 1.807) is 20.4 Å². The van der Waals surface area contributed by atoms with Gasteiger partial charge in [0.15, 0.2) is 5.82 Å². The summed E-state index contributed by atoms with van der Waals surface area (Å²) in [6, 6.07) is 3.77. The fourth-order valence-corrected chi connectivity index (χ4v) is 3.41. The summed E-state index contributed by atoms with van der Waals surface area (Å²) in [6.45, 7) is 3.09. The number of aromatic nitrogens is 5. The summed E-state index contributed by atoms with van der Waals surface area (Å²) >= 11 is 0. The Morgan fingerprint density at radius 2 is 2.25 bits per heavy atom. The zero-order valence-corrected chi connectivity index (χ0v) is 18.5. The Kier molecular flexibility index (Phi) is 6.68. The van der Waals surface area contributed by atoms with Gasteiger partial charge in [-0.3, -0.25) is 14.3 Å². The number of imidazole rings is 1. The second-order valence-electron chi connectivity index (χ2n) is 8.23. The minimum absolute atomic E-state index is 0.0293. The summed E-state index contributed by atoms with van der Waals surface area (Å²) in [7, 11) is 3.34. The van der Waals surface area contributed by atoms with Crippen LogP contribution in [0.2, 0.25) is 0 Å². The lowest BCUT2D eigenvalue weighted by molar-refractivity contribution is -0.110. The minimum Gasteiger partial charge on any atom is -0.379 e. The molecule has 2 atom stereocenters. The van der Waals surface area contributed by atoms with Crippen LogP contribution >= 0.6 is 0 Å². The van der Waals surface area contributed by atoms with Crippen molar-refractivity contribution in [1.29, 1.82) is 0 Å². The molecule has 4 heterocycles. The Morgan fingerprint density at radius 3 is 2.91 bits per heavy atom. The number of H-pyrrole nitrogens is 1. The fourth-order valence-electron chi connectivity index (χ4n) is 3.41. The molecular weight excluding hydrogens is 414 g/mol. The minimum atomic E-state index is -0.0293. The number of carbonyl (C=O) groups excluding carboxylic acids is 1. The van der Waals surface area contributed by atoms with E-state index in [0.717, 1.165) is 42.7 Å². The van der Waals surface area contributed by atoms with Gasteiger partial charge in [0.1, 0.15) is 11.8 Å². The van der Waals surface area contributed by atoms with Crippen molar-refractivity contribution in [2.24, 2.45) is 0 Å². The second kappa shape index (κ2) is 9.63. The lowest BCUT2D eigenvalue weighted by atomic mass is 10.1. The van der Waals surface area contributed by atoms with Crippen LogP contribution in [0.15, 0.2) is 24.5 Å². The number of carbonyl (C=O) groups is 1. The highest BCUT2D eigenvalue weighted by atomic mass is 16.5. The molecule has 1 saturated carbocycles. The molecule has 32 heavy (non-hydrogen) atoms. The third kappa shape index (κ3) is 5.23. The molecule has 3 N–H and O–H groups in total. The predicted octanol–water partition coefficient (Wildman–Crippen LogP) is 2.10. The number of methoxy groups -OCH3 is 2. The van der Waals surface area contributed by atoms with Crippen molar-refractivity contribution in [3.8, 4) is 0 Å². The number of aromatic amines is 1. The maximum atomic E-state index is 9.75. The van der Waals surface area contributed by atoms with Crippen molar-refractivity contribution in [3.05, 3.63) is 35.9 Å². The van der Waals surface area contributed by atoms with Gasteiger partial charge in [0.05, 0.1) is 30.7 Å². The van der Waals surface area contributed by atoms with E-state index >= 15 is 0 Å². The van der Waals surface area contributed by atoms with Crippen LogP contribution in [-0.2, 0) is 25.6 Å². The lowest BCUT2D eigenvalue weighted by Crippen LogP contribution is -2.25. The molecular formula is C21H29N7O4. The standard InChI is InChI=1S/C16H20N6O3.C5H9NO/c1-23-8-10-7-22-15(18-10)3-4-17-16(22)19-14-6-12(20-21-14)13-5-11(24-2)9-25-13;1-5(2-3-5)6-4-7/h3-4,6-7,11,13H,5,8-9H2,1-2H3,(H2,17,19,20,21);4H,2-3H2,1H3,(H,6,7). The van der Waals surface area contributed by atoms with Gasteiger partial charge in [-0.2, -0.15) is 5.10 Å². The number of hydrogen-bond acceptors (Lipinski definition) is 8. The van der Waals surface area contributed by atoms with E-state index in [-0.39, 0.29) is 17.7 Å². The lowest BCUT2D eigenvalue weighted by Gasteiger charge is -2.06. The maximum Gasteiger partial charge on any atom is 0.214 e. The highest BCUT2D eigenvalue weighted by Crippen LogP contribution is 2.33. The average molecular weight is 444 g/mol. The molecule has 1 aliphatic carbocycles. The molecule has 172 valence electrons. The zero-order valence-electron chi connectivity index (χ0n) is 18.5. The van der Waals surface area contributed by atoms with Crippen LogP contribution in [0.4, 0.5) is 11.8 Å². The van der Waals surface area contributed by atoms with E-state index in [0.29, 0.717) is 25.0 Å². The van der Waals surface area contributed by atoms with Crippen LogP contribution in [0.25, 0.3) is 5.65 Å². The summed E-state index contributed by atoms with van der Waals surface area (Å²) in [4.78, 5) is 18.6. The number of hydrogen-bond donors (Lipinski definition) is 3. The van der Waals surface area contributed by atoms with E-state index in [1.165, 1.54) is 0 Å². The SMILES string of the molecule is CC1(NC=O)CC1.COCc1cn2c(Nc3cc(C4CC(OC)CO4)[nH]n3)nccc2n1. The molecule has 1 saturated heterocycles. The topological polar surface area (TPSA) is 128 Å². The van der Waals surface area contributed by atoms with E-state index in [4.69, 9.17) is 14.2 Å². The largest absolute Gasteiger partial charge is 0.379 e. The van der Waals surface area contributed by atoms with Crippen molar-refractivity contribution >= 4 is 23.8 Å². The smallest absolute Gasteiger partial charge is 0.214 e. The predicted molar refractivity (Wildman–Crippen MR) is 117 cm³/mol. The van der Waals surface area contributed by atoms with Crippen molar-refractivity contribution in [2.45, 2.75) is 50.5 Å². The van der Waals surface area contributed by atoms with Gasteiger partial charge in [-0.25, -0.2) is 9.97 Å².